The molecule has 6 heteroatoms. The van der Waals surface area contributed by atoms with Crippen molar-refractivity contribution in [3.8, 4) is 11.1 Å². The molecule has 1 saturated heterocycles. The molecule has 2 aromatic carbocycles. The Hall–Kier alpha value is -3.54. The van der Waals surface area contributed by atoms with Crippen molar-refractivity contribution in [1.29, 1.82) is 0 Å². The first kappa shape index (κ1) is 17.9. The van der Waals surface area contributed by atoms with Gasteiger partial charge in [-0.2, -0.15) is 0 Å². The minimum Gasteiger partial charge on any atom is -0.459 e. The molecule has 6 nitrogen and oxygen atoms in total. The van der Waals surface area contributed by atoms with Crippen LogP contribution in [0, 0.1) is 0 Å². The first-order chi connectivity index (χ1) is 13.6. The van der Waals surface area contributed by atoms with Gasteiger partial charge < -0.3 is 14.5 Å². The van der Waals surface area contributed by atoms with Crippen LogP contribution >= 0.6 is 0 Å². The Morgan fingerprint density at radius 1 is 1.11 bits per heavy atom. The van der Waals surface area contributed by atoms with Crippen molar-refractivity contribution in [3.05, 3.63) is 78.3 Å². The predicted molar refractivity (Wildman–Crippen MR) is 105 cm³/mol. The number of furan rings is 1. The van der Waals surface area contributed by atoms with E-state index in [4.69, 9.17) is 9.15 Å². The standard InChI is InChI=1S/C22H20N2O4/c1-15(17-8-5-9-18(14-17)24-11-13-28-22(24)26)23-21(25)20-19(10-12-27-20)16-6-3-2-4-7-16/h2-10,12,14-15H,11,13H2,1H3,(H,23,25). The number of hydrogen-bond acceptors (Lipinski definition) is 4. The minimum absolute atomic E-state index is 0.264. The van der Waals surface area contributed by atoms with Gasteiger partial charge in [0.25, 0.3) is 5.91 Å². The van der Waals surface area contributed by atoms with E-state index in [0.29, 0.717) is 13.2 Å². The first-order valence-corrected chi connectivity index (χ1v) is 9.11. The Labute approximate surface area is 162 Å². The van der Waals surface area contributed by atoms with Gasteiger partial charge in [-0.1, -0.05) is 42.5 Å². The molecule has 3 aromatic rings. The number of carbonyl (C=O) groups is 2. The van der Waals surface area contributed by atoms with Crippen molar-refractivity contribution < 1.29 is 18.7 Å². The fourth-order valence-corrected chi connectivity index (χ4v) is 3.27. The molecule has 0 bridgehead atoms. The molecule has 1 atom stereocenters. The number of rotatable bonds is 5. The smallest absolute Gasteiger partial charge is 0.414 e. The normalized spacial score (nSPS) is 14.6. The monoisotopic (exact) mass is 376 g/mol. The summed E-state index contributed by atoms with van der Waals surface area (Å²) in [7, 11) is 0. The van der Waals surface area contributed by atoms with Crippen LogP contribution in [0.4, 0.5) is 10.5 Å². The van der Waals surface area contributed by atoms with E-state index in [2.05, 4.69) is 5.32 Å². The third kappa shape index (κ3) is 3.49. The molecule has 2 heterocycles. The second-order valence-corrected chi connectivity index (χ2v) is 6.59. The average molecular weight is 376 g/mol. The second-order valence-electron chi connectivity index (χ2n) is 6.59. The quantitative estimate of drug-likeness (QED) is 0.717. The van der Waals surface area contributed by atoms with Crippen LogP contribution in [-0.4, -0.2) is 25.2 Å². The topological polar surface area (TPSA) is 71.8 Å². The Kier molecular flexibility index (Phi) is 4.85. The maximum absolute atomic E-state index is 12.8. The maximum atomic E-state index is 12.8. The van der Waals surface area contributed by atoms with Crippen LogP contribution in [0.1, 0.15) is 29.1 Å². The van der Waals surface area contributed by atoms with Crippen molar-refractivity contribution in [2.45, 2.75) is 13.0 Å². The van der Waals surface area contributed by atoms with E-state index >= 15 is 0 Å². The molecule has 0 radical (unpaired) electrons. The zero-order chi connectivity index (χ0) is 19.5. The number of nitrogens with one attached hydrogen (secondary N) is 1. The van der Waals surface area contributed by atoms with Gasteiger partial charge in [0, 0.05) is 11.3 Å². The van der Waals surface area contributed by atoms with Crippen molar-refractivity contribution in [1.82, 2.24) is 5.32 Å². The first-order valence-electron chi connectivity index (χ1n) is 9.11. The fraction of sp³-hybridized carbons (Fsp3) is 0.182. The van der Waals surface area contributed by atoms with Crippen molar-refractivity contribution in [3.63, 3.8) is 0 Å². The Morgan fingerprint density at radius 2 is 1.93 bits per heavy atom. The van der Waals surface area contributed by atoms with E-state index in [1.807, 2.05) is 61.5 Å². The molecule has 1 aliphatic rings. The van der Waals surface area contributed by atoms with E-state index in [-0.39, 0.29) is 23.8 Å². The lowest BCUT2D eigenvalue weighted by Gasteiger charge is -2.18. The molecule has 0 aliphatic carbocycles. The number of hydrogen-bond donors (Lipinski definition) is 1. The Balaban J connectivity index is 1.52. The molecule has 0 spiro atoms. The van der Waals surface area contributed by atoms with Crippen LogP contribution in [0.5, 0.6) is 0 Å². The second kappa shape index (κ2) is 7.60. The van der Waals surface area contributed by atoms with Crippen molar-refractivity contribution in [2.24, 2.45) is 0 Å². The van der Waals surface area contributed by atoms with Crippen LogP contribution in [0.3, 0.4) is 0 Å². The molecule has 1 N–H and O–H groups in total. The number of benzene rings is 2. The summed E-state index contributed by atoms with van der Waals surface area (Å²) in [4.78, 5) is 26.2. The molecule has 142 valence electrons. The van der Waals surface area contributed by atoms with E-state index < -0.39 is 0 Å². The Morgan fingerprint density at radius 3 is 2.68 bits per heavy atom. The predicted octanol–water partition coefficient (Wildman–Crippen LogP) is 4.39. The lowest BCUT2D eigenvalue weighted by atomic mass is 10.0. The van der Waals surface area contributed by atoms with Gasteiger partial charge in [0.1, 0.15) is 6.61 Å². The summed E-state index contributed by atoms with van der Waals surface area (Å²) in [5, 5.41) is 2.97. The SMILES string of the molecule is CC(NC(=O)c1occc1-c1ccccc1)c1cccc(N2CCOC2=O)c1. The zero-order valence-electron chi connectivity index (χ0n) is 15.4. The van der Waals surface area contributed by atoms with E-state index in [9.17, 15) is 9.59 Å². The number of ether oxygens (including phenoxy) is 1. The third-order valence-corrected chi connectivity index (χ3v) is 4.75. The van der Waals surface area contributed by atoms with Crippen molar-refractivity contribution >= 4 is 17.7 Å². The van der Waals surface area contributed by atoms with Gasteiger partial charge in [-0.05, 0) is 36.2 Å². The zero-order valence-corrected chi connectivity index (χ0v) is 15.4. The summed E-state index contributed by atoms with van der Waals surface area (Å²) in [6.07, 6.45) is 1.17. The molecule has 2 amide bonds. The van der Waals surface area contributed by atoms with E-state index in [1.165, 1.54) is 6.26 Å². The number of nitrogens with zero attached hydrogens (tertiary/aromatic N) is 1. The van der Waals surface area contributed by atoms with Crippen LogP contribution in [-0.2, 0) is 4.74 Å². The molecule has 1 unspecified atom stereocenters. The summed E-state index contributed by atoms with van der Waals surface area (Å²) in [6.45, 7) is 2.80. The molecule has 1 aromatic heterocycles. The minimum atomic E-state index is -0.350. The lowest BCUT2D eigenvalue weighted by Crippen LogP contribution is -2.27. The number of cyclic esters (lactones) is 1. The van der Waals surface area contributed by atoms with Crippen LogP contribution < -0.4 is 10.2 Å². The summed E-state index contributed by atoms with van der Waals surface area (Å²) < 4.78 is 10.4. The Bertz CT molecular complexity index is 997. The largest absolute Gasteiger partial charge is 0.459 e. The summed E-state index contributed by atoms with van der Waals surface area (Å²) in [6, 6.07) is 18.7. The van der Waals surface area contributed by atoms with Crippen molar-refractivity contribution in [2.75, 3.05) is 18.1 Å². The molecular formula is C22H20N2O4. The lowest BCUT2D eigenvalue weighted by molar-refractivity contribution is 0.0912. The average Bonchev–Trinajstić information content (AvgIpc) is 3.38. The highest BCUT2D eigenvalue weighted by atomic mass is 16.6. The van der Waals surface area contributed by atoms with Crippen LogP contribution in [0.2, 0.25) is 0 Å². The summed E-state index contributed by atoms with van der Waals surface area (Å²) >= 11 is 0. The highest BCUT2D eigenvalue weighted by Gasteiger charge is 2.24. The molecule has 1 aliphatic heterocycles. The number of carbonyl (C=O) groups excluding carboxylic acids is 2. The molecule has 4 rings (SSSR count). The van der Waals surface area contributed by atoms with Gasteiger partial charge in [-0.15, -0.1) is 0 Å². The fourth-order valence-electron chi connectivity index (χ4n) is 3.27. The molecule has 1 fully saturated rings. The van der Waals surface area contributed by atoms with Gasteiger partial charge >= 0.3 is 6.09 Å². The van der Waals surface area contributed by atoms with E-state index in [1.54, 1.807) is 11.0 Å². The summed E-state index contributed by atoms with van der Waals surface area (Å²) in [5.41, 5.74) is 3.31. The number of anilines is 1. The van der Waals surface area contributed by atoms with Gasteiger partial charge in [-0.3, -0.25) is 9.69 Å². The van der Waals surface area contributed by atoms with Gasteiger partial charge in [0.05, 0.1) is 18.8 Å². The summed E-state index contributed by atoms with van der Waals surface area (Å²) in [5.74, 6) is -0.0142. The molecule has 0 saturated carbocycles. The number of amides is 2. The maximum Gasteiger partial charge on any atom is 0.414 e. The van der Waals surface area contributed by atoms with Crippen LogP contribution in [0.25, 0.3) is 11.1 Å². The third-order valence-electron chi connectivity index (χ3n) is 4.75. The van der Waals surface area contributed by atoms with Gasteiger partial charge in [0.2, 0.25) is 0 Å². The van der Waals surface area contributed by atoms with Crippen LogP contribution in [0.15, 0.2) is 71.3 Å². The van der Waals surface area contributed by atoms with E-state index in [0.717, 1.165) is 22.4 Å². The van der Waals surface area contributed by atoms with Gasteiger partial charge in [-0.25, -0.2) is 4.79 Å². The van der Waals surface area contributed by atoms with Gasteiger partial charge in [0.15, 0.2) is 5.76 Å². The highest BCUT2D eigenvalue weighted by Crippen LogP contribution is 2.26. The highest BCUT2D eigenvalue weighted by molar-refractivity contribution is 5.98. The molecular weight excluding hydrogens is 356 g/mol. The molecule has 28 heavy (non-hydrogen) atoms.